The molecule has 2 aromatic rings. The van der Waals surface area contributed by atoms with Crippen LogP contribution in [0.25, 0.3) is 0 Å². The minimum Gasteiger partial charge on any atom is -1.00 e. The average Bonchev–Trinajstić information content (AvgIpc) is 2.51. The molecular weight excluding hydrogens is 318 g/mol. The van der Waals surface area contributed by atoms with E-state index in [0.29, 0.717) is 6.04 Å². The summed E-state index contributed by atoms with van der Waals surface area (Å²) in [4.78, 5) is 9.75. The van der Waals surface area contributed by atoms with Crippen molar-refractivity contribution >= 4 is 22.3 Å². The maximum absolute atomic E-state index is 12.7. The van der Waals surface area contributed by atoms with E-state index in [9.17, 15) is 4.21 Å². The van der Waals surface area contributed by atoms with Gasteiger partial charge in [-0.3, -0.25) is 0 Å². The van der Waals surface area contributed by atoms with E-state index >= 15 is 0 Å². The van der Waals surface area contributed by atoms with Crippen LogP contribution in [0.1, 0.15) is 6.92 Å². The van der Waals surface area contributed by atoms with Crippen molar-refractivity contribution in [2.24, 2.45) is 0 Å². The van der Waals surface area contributed by atoms with Crippen molar-refractivity contribution < 1.29 is 21.5 Å². The number of likely N-dealkylation sites (N-methyl/N-ethyl adjacent to an activating group) is 1. The Labute approximate surface area is 140 Å². The largest absolute Gasteiger partial charge is 1.00 e. The first-order chi connectivity index (χ1) is 10.1. The molecule has 2 heterocycles. The van der Waals surface area contributed by atoms with Crippen molar-refractivity contribution in [2.75, 3.05) is 25.5 Å². The van der Waals surface area contributed by atoms with Gasteiger partial charge in [0, 0.05) is 6.20 Å². The van der Waals surface area contributed by atoms with Gasteiger partial charge < -0.3 is 22.2 Å². The number of aromatic nitrogens is 1. The summed E-state index contributed by atoms with van der Waals surface area (Å²) in [6.45, 7) is 3.06. The van der Waals surface area contributed by atoms with E-state index in [0.717, 1.165) is 27.8 Å². The highest BCUT2D eigenvalue weighted by Crippen LogP contribution is 2.40. The van der Waals surface area contributed by atoms with E-state index in [4.69, 9.17) is 0 Å². The molecule has 0 saturated carbocycles. The van der Waals surface area contributed by atoms with Crippen LogP contribution in [-0.4, -0.2) is 35.9 Å². The molecule has 4 nitrogen and oxygen atoms in total. The predicted octanol–water partition coefficient (Wildman–Crippen LogP) is -1.76. The van der Waals surface area contributed by atoms with E-state index in [1.807, 2.05) is 36.4 Å². The summed E-state index contributed by atoms with van der Waals surface area (Å²) in [6.07, 6.45) is 1.77. The highest BCUT2D eigenvalue weighted by Gasteiger charge is 2.30. The van der Waals surface area contributed by atoms with Crippen LogP contribution in [0.4, 0.5) is 11.5 Å². The Morgan fingerprint density at radius 3 is 2.59 bits per heavy atom. The molecule has 1 aliphatic rings. The Bertz CT molecular complexity index is 643. The molecule has 118 valence electrons. The standard InChI is InChI=1S/C16H19N3OS.ClH/c1-12(18(2)3)11-19-13-7-4-5-8-14(13)21(20)15-9-6-10-17-16(15)19;/h4-10,12H,11H2,1-3H3;1H. The van der Waals surface area contributed by atoms with Gasteiger partial charge in [0.25, 0.3) is 0 Å². The molecule has 0 aliphatic carbocycles. The normalized spacial score (nSPS) is 17.5. The van der Waals surface area contributed by atoms with Gasteiger partial charge in [0.05, 0.1) is 46.9 Å². The fraction of sp³-hybridized carbons (Fsp3) is 0.312. The first kappa shape index (κ1) is 16.9. The van der Waals surface area contributed by atoms with Crippen molar-refractivity contribution in [3.63, 3.8) is 0 Å². The molecular formula is C16H20ClN3OS. The van der Waals surface area contributed by atoms with Crippen LogP contribution in [0.15, 0.2) is 52.4 Å². The van der Waals surface area contributed by atoms with E-state index in [-0.39, 0.29) is 12.4 Å². The summed E-state index contributed by atoms with van der Waals surface area (Å²) < 4.78 is 12.7. The van der Waals surface area contributed by atoms with Gasteiger partial charge in [-0.2, -0.15) is 0 Å². The number of quaternary nitrogens is 1. The minimum absolute atomic E-state index is 0. The number of hydrogen-bond donors (Lipinski definition) is 1. The molecule has 2 unspecified atom stereocenters. The van der Waals surface area contributed by atoms with Crippen LogP contribution in [0.5, 0.6) is 0 Å². The van der Waals surface area contributed by atoms with E-state index < -0.39 is 10.8 Å². The fourth-order valence-electron chi connectivity index (χ4n) is 2.44. The number of fused-ring (bicyclic) bond motifs is 2. The highest BCUT2D eigenvalue weighted by atomic mass is 35.5. The minimum atomic E-state index is -1.15. The lowest BCUT2D eigenvalue weighted by Gasteiger charge is -2.33. The van der Waals surface area contributed by atoms with E-state index in [1.165, 1.54) is 4.90 Å². The molecule has 0 radical (unpaired) electrons. The summed E-state index contributed by atoms with van der Waals surface area (Å²) in [5, 5.41) is 0. The molecule has 0 bridgehead atoms. The second-order valence-electron chi connectivity index (χ2n) is 5.65. The van der Waals surface area contributed by atoms with Gasteiger partial charge >= 0.3 is 0 Å². The first-order valence-corrected chi connectivity index (χ1v) is 8.28. The van der Waals surface area contributed by atoms with Crippen LogP contribution < -0.4 is 22.2 Å². The van der Waals surface area contributed by atoms with Crippen LogP contribution in [-0.2, 0) is 10.8 Å². The Hall–Kier alpha value is -1.43. The Balaban J connectivity index is 0.00000176. The number of pyridine rings is 1. The van der Waals surface area contributed by atoms with Crippen molar-refractivity contribution in [1.82, 2.24) is 4.98 Å². The molecule has 6 heteroatoms. The summed E-state index contributed by atoms with van der Waals surface area (Å²) in [6, 6.07) is 12.1. The maximum Gasteiger partial charge on any atom is 0.149 e. The third-order valence-corrected chi connectivity index (χ3v) is 5.47. The number of nitrogens with zero attached hydrogens (tertiary/aromatic N) is 2. The molecule has 22 heavy (non-hydrogen) atoms. The van der Waals surface area contributed by atoms with Crippen LogP contribution in [0, 0.1) is 0 Å². The number of nitrogens with one attached hydrogen (secondary N) is 1. The molecule has 1 aromatic heterocycles. The van der Waals surface area contributed by atoms with Gasteiger partial charge in [-0.15, -0.1) is 0 Å². The van der Waals surface area contributed by atoms with E-state index in [2.05, 4.69) is 30.9 Å². The summed E-state index contributed by atoms with van der Waals surface area (Å²) >= 11 is 0. The quantitative estimate of drug-likeness (QED) is 0.721. The molecule has 0 amide bonds. The zero-order valence-electron chi connectivity index (χ0n) is 12.9. The number of para-hydroxylation sites is 1. The monoisotopic (exact) mass is 337 g/mol. The van der Waals surface area contributed by atoms with Crippen LogP contribution >= 0.6 is 0 Å². The molecule has 1 N–H and O–H groups in total. The molecule has 2 atom stereocenters. The third-order valence-electron chi connectivity index (χ3n) is 4.00. The summed E-state index contributed by atoms with van der Waals surface area (Å²) in [5.41, 5.74) is 1.01. The van der Waals surface area contributed by atoms with Crippen molar-refractivity contribution in [2.45, 2.75) is 22.8 Å². The molecule has 3 rings (SSSR count). The van der Waals surface area contributed by atoms with Crippen molar-refractivity contribution in [3.05, 3.63) is 42.6 Å². The summed E-state index contributed by atoms with van der Waals surface area (Å²) in [7, 11) is 3.15. The van der Waals surface area contributed by atoms with Gasteiger partial charge in [-0.25, -0.2) is 9.19 Å². The Morgan fingerprint density at radius 2 is 1.86 bits per heavy atom. The molecule has 0 spiro atoms. The topological polar surface area (TPSA) is 37.6 Å². The van der Waals surface area contributed by atoms with Crippen LogP contribution in [0.2, 0.25) is 0 Å². The number of hydrogen-bond acceptors (Lipinski definition) is 3. The Kier molecular flexibility index (Phi) is 5.21. The van der Waals surface area contributed by atoms with Gasteiger partial charge in [-0.1, -0.05) is 12.1 Å². The molecule has 1 aliphatic heterocycles. The molecule has 0 saturated heterocycles. The van der Waals surface area contributed by atoms with E-state index in [1.54, 1.807) is 6.20 Å². The third kappa shape index (κ3) is 2.89. The number of halogens is 1. The lowest BCUT2D eigenvalue weighted by molar-refractivity contribution is -0.881. The second kappa shape index (κ2) is 6.77. The summed E-state index contributed by atoms with van der Waals surface area (Å²) in [5.74, 6) is 0.822. The number of rotatable bonds is 3. The maximum atomic E-state index is 12.7. The first-order valence-electron chi connectivity index (χ1n) is 7.13. The predicted molar refractivity (Wildman–Crippen MR) is 84.6 cm³/mol. The lowest BCUT2D eigenvalue weighted by Crippen LogP contribution is -3.10. The smallest absolute Gasteiger partial charge is 0.149 e. The lowest BCUT2D eigenvalue weighted by atomic mass is 10.2. The fourth-order valence-corrected chi connectivity index (χ4v) is 3.78. The van der Waals surface area contributed by atoms with Gasteiger partial charge in [0.15, 0.2) is 0 Å². The van der Waals surface area contributed by atoms with Crippen LogP contribution in [0.3, 0.4) is 0 Å². The van der Waals surface area contributed by atoms with Crippen molar-refractivity contribution in [3.8, 4) is 0 Å². The average molecular weight is 338 g/mol. The zero-order valence-corrected chi connectivity index (χ0v) is 14.5. The Morgan fingerprint density at radius 1 is 1.18 bits per heavy atom. The molecule has 0 fully saturated rings. The zero-order chi connectivity index (χ0) is 15.0. The number of anilines is 2. The SMILES string of the molecule is CC(CN1c2ccccc2S(=O)c2cccnc21)[NH+](C)C.[Cl-]. The van der Waals surface area contributed by atoms with Gasteiger partial charge in [0.2, 0.25) is 0 Å². The second-order valence-corrected chi connectivity index (χ2v) is 7.07. The van der Waals surface area contributed by atoms with Gasteiger partial charge in [0.1, 0.15) is 11.9 Å². The molecule has 1 aromatic carbocycles. The van der Waals surface area contributed by atoms with Crippen molar-refractivity contribution in [1.29, 1.82) is 0 Å². The number of benzene rings is 1. The van der Waals surface area contributed by atoms with Gasteiger partial charge in [-0.05, 0) is 31.2 Å². The highest BCUT2D eigenvalue weighted by molar-refractivity contribution is 7.85.